The second kappa shape index (κ2) is 3.24. The summed E-state index contributed by atoms with van der Waals surface area (Å²) in [4.78, 5) is 11.4. The van der Waals surface area contributed by atoms with Gasteiger partial charge in [-0.1, -0.05) is 0 Å². The first-order valence-corrected chi connectivity index (χ1v) is 4.61. The van der Waals surface area contributed by atoms with Gasteiger partial charge in [0.2, 0.25) is 5.91 Å². The molecule has 1 atom stereocenters. The molecule has 70 valence electrons. The molecule has 0 aromatic carbocycles. The largest absolute Gasteiger partial charge is 0.467 e. The van der Waals surface area contributed by atoms with E-state index in [0.29, 0.717) is 0 Å². The van der Waals surface area contributed by atoms with Crippen LogP contribution in [0.15, 0.2) is 22.8 Å². The molecule has 0 unspecified atom stereocenters. The average molecular weight is 179 g/mol. The van der Waals surface area contributed by atoms with Crippen LogP contribution in [0.2, 0.25) is 0 Å². The highest BCUT2D eigenvalue weighted by molar-refractivity contribution is 5.81. The molecule has 0 spiro atoms. The Balaban J connectivity index is 1.90. The summed E-state index contributed by atoms with van der Waals surface area (Å²) in [6.07, 6.45) is 3.70. The predicted octanol–water partition coefficient (Wildman–Crippen LogP) is 1.87. The lowest BCUT2D eigenvalue weighted by atomic mass is 10.2. The smallest absolute Gasteiger partial charge is 0.223 e. The van der Waals surface area contributed by atoms with E-state index >= 15 is 0 Å². The molecule has 0 aliphatic heterocycles. The Kier molecular flexibility index (Phi) is 2.08. The summed E-state index contributed by atoms with van der Waals surface area (Å²) in [6, 6.07) is 3.69. The van der Waals surface area contributed by atoms with Gasteiger partial charge >= 0.3 is 0 Å². The summed E-state index contributed by atoms with van der Waals surface area (Å²) >= 11 is 0. The Bertz CT molecular complexity index is 288. The molecule has 1 aromatic heterocycles. The van der Waals surface area contributed by atoms with E-state index in [1.165, 1.54) is 0 Å². The van der Waals surface area contributed by atoms with E-state index in [1.54, 1.807) is 6.26 Å². The van der Waals surface area contributed by atoms with Crippen molar-refractivity contribution in [2.75, 3.05) is 0 Å². The quantitative estimate of drug-likeness (QED) is 0.769. The molecule has 1 aliphatic carbocycles. The van der Waals surface area contributed by atoms with Gasteiger partial charge in [0, 0.05) is 5.92 Å². The maximum absolute atomic E-state index is 11.4. The van der Waals surface area contributed by atoms with Gasteiger partial charge in [0.05, 0.1) is 12.3 Å². The van der Waals surface area contributed by atoms with Gasteiger partial charge < -0.3 is 9.73 Å². The zero-order valence-electron chi connectivity index (χ0n) is 7.62. The number of carbonyl (C=O) groups is 1. The van der Waals surface area contributed by atoms with E-state index in [4.69, 9.17) is 4.42 Å². The van der Waals surface area contributed by atoms with E-state index in [1.807, 2.05) is 19.1 Å². The third-order valence-electron chi connectivity index (χ3n) is 2.28. The van der Waals surface area contributed by atoms with Gasteiger partial charge in [-0.2, -0.15) is 0 Å². The molecule has 1 aromatic rings. The molecule has 0 saturated heterocycles. The second-order valence-electron chi connectivity index (χ2n) is 3.52. The Labute approximate surface area is 77.1 Å². The zero-order chi connectivity index (χ0) is 9.26. The van der Waals surface area contributed by atoms with Crippen LogP contribution in [0, 0.1) is 5.92 Å². The van der Waals surface area contributed by atoms with Crippen molar-refractivity contribution in [3.63, 3.8) is 0 Å². The van der Waals surface area contributed by atoms with E-state index in [-0.39, 0.29) is 17.9 Å². The zero-order valence-corrected chi connectivity index (χ0v) is 7.62. The van der Waals surface area contributed by atoms with Crippen LogP contribution in [-0.2, 0) is 4.79 Å². The minimum absolute atomic E-state index is 0.0110. The van der Waals surface area contributed by atoms with Crippen LogP contribution in [0.5, 0.6) is 0 Å². The van der Waals surface area contributed by atoms with E-state index < -0.39 is 0 Å². The van der Waals surface area contributed by atoms with Crippen LogP contribution in [0.1, 0.15) is 31.6 Å². The van der Waals surface area contributed by atoms with Crippen LogP contribution in [-0.4, -0.2) is 5.91 Å². The van der Waals surface area contributed by atoms with Gasteiger partial charge in [-0.25, -0.2) is 0 Å². The summed E-state index contributed by atoms with van der Waals surface area (Å²) in [5, 5.41) is 2.91. The normalized spacial score (nSPS) is 18.2. The molecular weight excluding hydrogens is 166 g/mol. The summed E-state index contributed by atoms with van der Waals surface area (Å²) in [5.74, 6) is 1.23. The number of rotatable bonds is 3. The molecule has 1 amide bonds. The van der Waals surface area contributed by atoms with Crippen LogP contribution < -0.4 is 5.32 Å². The van der Waals surface area contributed by atoms with Gasteiger partial charge in [0.1, 0.15) is 5.76 Å². The number of nitrogens with one attached hydrogen (secondary N) is 1. The predicted molar refractivity (Wildman–Crippen MR) is 48.0 cm³/mol. The summed E-state index contributed by atoms with van der Waals surface area (Å²) in [7, 11) is 0. The molecule has 1 fully saturated rings. The summed E-state index contributed by atoms with van der Waals surface area (Å²) in [6.45, 7) is 1.93. The first kappa shape index (κ1) is 8.35. The van der Waals surface area contributed by atoms with Gasteiger partial charge in [-0.05, 0) is 31.9 Å². The second-order valence-corrected chi connectivity index (χ2v) is 3.52. The molecule has 1 N–H and O–H groups in total. The Hall–Kier alpha value is -1.25. The molecular formula is C10H13NO2. The van der Waals surface area contributed by atoms with Gasteiger partial charge in [0.15, 0.2) is 0 Å². The van der Waals surface area contributed by atoms with Gasteiger partial charge in [-0.3, -0.25) is 4.79 Å². The van der Waals surface area contributed by atoms with E-state index in [9.17, 15) is 4.79 Å². The SMILES string of the molecule is C[C@H](NC(=O)C1CC1)c1ccco1. The number of amides is 1. The van der Waals surface area contributed by atoms with Crippen molar-refractivity contribution in [3.05, 3.63) is 24.2 Å². The molecule has 1 heterocycles. The van der Waals surface area contributed by atoms with E-state index in [2.05, 4.69) is 5.32 Å². The highest BCUT2D eigenvalue weighted by Crippen LogP contribution is 2.29. The first-order valence-electron chi connectivity index (χ1n) is 4.61. The molecule has 3 nitrogen and oxygen atoms in total. The Morgan fingerprint density at radius 3 is 3.00 bits per heavy atom. The van der Waals surface area contributed by atoms with Crippen molar-refractivity contribution < 1.29 is 9.21 Å². The van der Waals surface area contributed by atoms with Crippen molar-refractivity contribution in [1.82, 2.24) is 5.32 Å². The van der Waals surface area contributed by atoms with Crippen molar-refractivity contribution in [2.24, 2.45) is 5.92 Å². The lowest BCUT2D eigenvalue weighted by molar-refractivity contribution is -0.123. The monoisotopic (exact) mass is 179 g/mol. The van der Waals surface area contributed by atoms with Gasteiger partial charge in [0.25, 0.3) is 0 Å². The van der Waals surface area contributed by atoms with Crippen molar-refractivity contribution >= 4 is 5.91 Å². The summed E-state index contributed by atoms with van der Waals surface area (Å²) < 4.78 is 5.18. The summed E-state index contributed by atoms with van der Waals surface area (Å²) in [5.41, 5.74) is 0. The third kappa shape index (κ3) is 1.91. The average Bonchev–Trinajstić information content (AvgIpc) is 2.81. The van der Waals surface area contributed by atoms with Crippen LogP contribution in [0.3, 0.4) is 0 Å². The molecule has 1 saturated carbocycles. The highest BCUT2D eigenvalue weighted by Gasteiger charge is 2.30. The molecule has 3 heteroatoms. The van der Waals surface area contributed by atoms with Gasteiger partial charge in [-0.15, -0.1) is 0 Å². The number of furan rings is 1. The maximum Gasteiger partial charge on any atom is 0.223 e. The number of hydrogen-bond acceptors (Lipinski definition) is 2. The fourth-order valence-electron chi connectivity index (χ4n) is 1.29. The van der Waals surface area contributed by atoms with E-state index in [0.717, 1.165) is 18.6 Å². The van der Waals surface area contributed by atoms with Crippen molar-refractivity contribution in [2.45, 2.75) is 25.8 Å². The molecule has 13 heavy (non-hydrogen) atoms. The number of hydrogen-bond donors (Lipinski definition) is 1. The minimum atomic E-state index is -0.0110. The third-order valence-corrected chi connectivity index (χ3v) is 2.28. The van der Waals surface area contributed by atoms with Crippen molar-refractivity contribution in [1.29, 1.82) is 0 Å². The lowest BCUT2D eigenvalue weighted by Crippen LogP contribution is -2.27. The fourth-order valence-corrected chi connectivity index (χ4v) is 1.29. The van der Waals surface area contributed by atoms with Crippen LogP contribution in [0.4, 0.5) is 0 Å². The molecule has 1 aliphatic rings. The topological polar surface area (TPSA) is 42.2 Å². The number of carbonyl (C=O) groups excluding carboxylic acids is 1. The molecule has 0 bridgehead atoms. The molecule has 0 radical (unpaired) electrons. The van der Waals surface area contributed by atoms with Crippen molar-refractivity contribution in [3.8, 4) is 0 Å². The lowest BCUT2D eigenvalue weighted by Gasteiger charge is -2.10. The highest BCUT2D eigenvalue weighted by atomic mass is 16.3. The standard InChI is InChI=1S/C10H13NO2/c1-7(9-3-2-6-13-9)11-10(12)8-4-5-8/h2-3,6-8H,4-5H2,1H3,(H,11,12)/t7-/m0/s1. The maximum atomic E-state index is 11.4. The minimum Gasteiger partial charge on any atom is -0.467 e. The van der Waals surface area contributed by atoms with Crippen LogP contribution >= 0.6 is 0 Å². The Morgan fingerprint density at radius 1 is 1.69 bits per heavy atom. The first-order chi connectivity index (χ1) is 6.27. The van der Waals surface area contributed by atoms with Crippen LogP contribution in [0.25, 0.3) is 0 Å². The fraction of sp³-hybridized carbons (Fsp3) is 0.500. The Morgan fingerprint density at radius 2 is 2.46 bits per heavy atom. The molecule has 2 rings (SSSR count).